The van der Waals surface area contributed by atoms with Crippen LogP contribution in [0.15, 0.2) is 0 Å². The highest BCUT2D eigenvalue weighted by molar-refractivity contribution is 5.83. The molecule has 0 aromatic carbocycles. The second-order valence-corrected chi connectivity index (χ2v) is 11.3. The maximum absolute atomic E-state index is 14.1. The Balaban J connectivity index is 1.52. The summed E-state index contributed by atoms with van der Waals surface area (Å²) >= 11 is 0. The van der Waals surface area contributed by atoms with E-state index in [1.165, 1.54) is 32.8 Å². The largest absolute Gasteiger partial charge is 0.469 e. The molecule has 0 amide bonds. The first-order valence-electron chi connectivity index (χ1n) is 11.9. The molecule has 4 heteroatoms. The number of ether oxygens (including phenoxy) is 1. The van der Waals surface area contributed by atoms with Crippen molar-refractivity contribution in [3.05, 3.63) is 0 Å². The van der Waals surface area contributed by atoms with Gasteiger partial charge in [-0.25, -0.2) is 4.39 Å². The molecular formula is C25H39FO3. The molecule has 164 valence electrons. The number of hydrogen-bond donors (Lipinski definition) is 0. The van der Waals surface area contributed by atoms with Gasteiger partial charge in [-0.1, -0.05) is 20.8 Å². The Morgan fingerprint density at radius 2 is 1.83 bits per heavy atom. The van der Waals surface area contributed by atoms with Gasteiger partial charge >= 0.3 is 5.97 Å². The minimum Gasteiger partial charge on any atom is -0.469 e. The lowest BCUT2D eigenvalue weighted by Gasteiger charge is -2.60. The molecule has 4 rings (SSSR count). The molecule has 0 radical (unpaired) electrons. The van der Waals surface area contributed by atoms with Crippen LogP contribution in [0, 0.1) is 46.3 Å². The maximum Gasteiger partial charge on any atom is 0.305 e. The van der Waals surface area contributed by atoms with E-state index in [0.717, 1.165) is 12.8 Å². The quantitative estimate of drug-likeness (QED) is 0.558. The fraction of sp³-hybridized carbons (Fsp3) is 0.920. The lowest BCUT2D eigenvalue weighted by Crippen LogP contribution is -2.56. The van der Waals surface area contributed by atoms with Crippen molar-refractivity contribution in [1.82, 2.24) is 0 Å². The van der Waals surface area contributed by atoms with Crippen LogP contribution in [0.3, 0.4) is 0 Å². The van der Waals surface area contributed by atoms with Crippen molar-refractivity contribution in [2.24, 2.45) is 46.3 Å². The summed E-state index contributed by atoms with van der Waals surface area (Å²) in [5, 5.41) is 0. The SMILES string of the molecule is COC(=O)CC[C@@H](C)[C@H]1CC[C@H]2[C@@H]3CC(=O)[C@H]4C[C@@H](F)CC[C@]4(C)[C@H]3CC[C@]12C. The van der Waals surface area contributed by atoms with Crippen LogP contribution in [-0.4, -0.2) is 25.0 Å². The lowest BCUT2D eigenvalue weighted by atomic mass is 9.44. The number of alkyl halides is 1. The van der Waals surface area contributed by atoms with E-state index in [2.05, 4.69) is 20.8 Å². The molecule has 0 heterocycles. The van der Waals surface area contributed by atoms with Crippen molar-refractivity contribution in [2.75, 3.05) is 7.11 Å². The summed E-state index contributed by atoms with van der Waals surface area (Å²) in [6, 6.07) is 0. The van der Waals surface area contributed by atoms with Crippen molar-refractivity contribution in [2.45, 2.75) is 91.2 Å². The molecular weight excluding hydrogens is 367 g/mol. The van der Waals surface area contributed by atoms with Gasteiger partial charge in [0.2, 0.25) is 0 Å². The van der Waals surface area contributed by atoms with Gasteiger partial charge < -0.3 is 4.74 Å². The van der Waals surface area contributed by atoms with E-state index in [-0.39, 0.29) is 22.7 Å². The number of carbonyl (C=O) groups is 2. The van der Waals surface area contributed by atoms with Crippen LogP contribution >= 0.6 is 0 Å². The molecule has 9 atom stereocenters. The van der Waals surface area contributed by atoms with E-state index in [4.69, 9.17) is 4.74 Å². The van der Waals surface area contributed by atoms with Gasteiger partial charge in [-0.05, 0) is 91.8 Å². The molecule has 4 aliphatic carbocycles. The summed E-state index contributed by atoms with van der Waals surface area (Å²) < 4.78 is 19.0. The molecule has 0 saturated heterocycles. The van der Waals surface area contributed by atoms with Crippen molar-refractivity contribution in [3.63, 3.8) is 0 Å². The fourth-order valence-corrected chi connectivity index (χ4v) is 8.62. The van der Waals surface area contributed by atoms with Crippen LogP contribution in [0.2, 0.25) is 0 Å². The van der Waals surface area contributed by atoms with Crippen LogP contribution in [0.1, 0.15) is 85.0 Å². The highest BCUT2D eigenvalue weighted by Crippen LogP contribution is 2.67. The molecule has 29 heavy (non-hydrogen) atoms. The minimum atomic E-state index is -0.783. The zero-order chi connectivity index (χ0) is 21.0. The lowest BCUT2D eigenvalue weighted by molar-refractivity contribution is -0.157. The molecule has 0 N–H and O–H groups in total. The molecule has 0 bridgehead atoms. The van der Waals surface area contributed by atoms with Crippen molar-refractivity contribution in [1.29, 1.82) is 0 Å². The van der Waals surface area contributed by atoms with Gasteiger partial charge in [0, 0.05) is 18.8 Å². The monoisotopic (exact) mass is 406 g/mol. The molecule has 0 aromatic rings. The number of halogens is 1. The molecule has 0 spiro atoms. The Labute approximate surface area is 175 Å². The van der Waals surface area contributed by atoms with Gasteiger partial charge in [0.15, 0.2) is 0 Å². The Kier molecular flexibility index (Phi) is 5.61. The van der Waals surface area contributed by atoms with Gasteiger partial charge in [-0.3, -0.25) is 9.59 Å². The minimum absolute atomic E-state index is 0.0124. The Morgan fingerprint density at radius 3 is 2.55 bits per heavy atom. The zero-order valence-electron chi connectivity index (χ0n) is 18.7. The first-order chi connectivity index (χ1) is 13.7. The van der Waals surface area contributed by atoms with Crippen LogP contribution < -0.4 is 0 Å². The summed E-state index contributed by atoms with van der Waals surface area (Å²) in [4.78, 5) is 24.8. The third-order valence-corrected chi connectivity index (χ3v) is 10.2. The van der Waals surface area contributed by atoms with Crippen LogP contribution in [0.5, 0.6) is 0 Å². The smallest absolute Gasteiger partial charge is 0.305 e. The van der Waals surface area contributed by atoms with Gasteiger partial charge in [-0.15, -0.1) is 0 Å². The van der Waals surface area contributed by atoms with Gasteiger partial charge in [0.05, 0.1) is 7.11 Å². The highest BCUT2D eigenvalue weighted by Gasteiger charge is 2.62. The van der Waals surface area contributed by atoms with Crippen LogP contribution in [0.4, 0.5) is 4.39 Å². The molecule has 0 aromatic heterocycles. The predicted octanol–water partition coefficient (Wildman–Crippen LogP) is 5.75. The number of ketones is 1. The van der Waals surface area contributed by atoms with E-state index >= 15 is 0 Å². The number of esters is 1. The van der Waals surface area contributed by atoms with E-state index in [1.807, 2.05) is 0 Å². The number of hydrogen-bond acceptors (Lipinski definition) is 3. The number of rotatable bonds is 4. The third-order valence-electron chi connectivity index (χ3n) is 10.2. The summed E-state index contributed by atoms with van der Waals surface area (Å²) in [5.41, 5.74) is 0.288. The number of Topliss-reactive ketones (excluding diaryl/α,β-unsaturated/α-hetero) is 1. The average Bonchev–Trinajstić information content (AvgIpc) is 3.05. The summed E-state index contributed by atoms with van der Waals surface area (Å²) in [6.45, 7) is 7.09. The van der Waals surface area contributed by atoms with Crippen molar-refractivity contribution >= 4 is 11.8 Å². The summed E-state index contributed by atoms with van der Waals surface area (Å²) in [5.74, 6) is 3.00. The molecule has 4 fully saturated rings. The van der Waals surface area contributed by atoms with E-state index < -0.39 is 6.17 Å². The zero-order valence-corrected chi connectivity index (χ0v) is 18.7. The van der Waals surface area contributed by atoms with Gasteiger partial charge in [0.25, 0.3) is 0 Å². The Morgan fingerprint density at radius 1 is 1.14 bits per heavy atom. The van der Waals surface area contributed by atoms with Crippen LogP contribution in [-0.2, 0) is 14.3 Å². The first-order valence-corrected chi connectivity index (χ1v) is 11.9. The molecule has 4 aliphatic rings. The summed E-state index contributed by atoms with van der Waals surface area (Å²) in [6.07, 6.45) is 8.12. The molecule has 3 nitrogen and oxygen atoms in total. The second-order valence-electron chi connectivity index (χ2n) is 11.3. The van der Waals surface area contributed by atoms with Gasteiger partial charge in [0.1, 0.15) is 12.0 Å². The summed E-state index contributed by atoms with van der Waals surface area (Å²) in [7, 11) is 1.46. The molecule has 0 aliphatic heterocycles. The van der Waals surface area contributed by atoms with Crippen LogP contribution in [0.25, 0.3) is 0 Å². The normalized spacial score (nSPS) is 47.7. The second kappa shape index (κ2) is 7.64. The fourth-order valence-electron chi connectivity index (χ4n) is 8.62. The topological polar surface area (TPSA) is 43.4 Å². The number of carbonyl (C=O) groups excluding carboxylic acids is 2. The van der Waals surface area contributed by atoms with E-state index in [0.29, 0.717) is 61.1 Å². The highest BCUT2D eigenvalue weighted by atomic mass is 19.1. The van der Waals surface area contributed by atoms with E-state index in [1.54, 1.807) is 0 Å². The number of methoxy groups -OCH3 is 1. The predicted molar refractivity (Wildman–Crippen MR) is 111 cm³/mol. The van der Waals surface area contributed by atoms with Gasteiger partial charge in [-0.2, -0.15) is 0 Å². The third kappa shape index (κ3) is 3.37. The Hall–Kier alpha value is -0.930. The average molecular weight is 407 g/mol. The maximum atomic E-state index is 14.1. The molecule has 0 unspecified atom stereocenters. The van der Waals surface area contributed by atoms with Crippen molar-refractivity contribution < 1.29 is 18.7 Å². The number of fused-ring (bicyclic) bond motifs is 5. The standard InChI is InChI=1S/C25H39FO3/c1-15(5-8-23(28)29-4)18-6-7-19-17-14-22(27)21-13-16(26)9-11-25(21,3)20(17)10-12-24(18,19)2/h15-21H,5-14H2,1-4H3/t15-,16+,17+,18-,19+,20+,21-,24-,25-/m1/s1. The molecule has 4 saturated carbocycles. The van der Waals surface area contributed by atoms with E-state index in [9.17, 15) is 14.0 Å². The Bertz CT molecular complexity index is 662. The first kappa shape index (κ1) is 21.3. The van der Waals surface area contributed by atoms with Crippen molar-refractivity contribution in [3.8, 4) is 0 Å².